The zero-order chi connectivity index (χ0) is 11.1. The summed E-state index contributed by atoms with van der Waals surface area (Å²) >= 11 is 0. The van der Waals surface area contributed by atoms with E-state index in [4.69, 9.17) is 0 Å². The Hall–Kier alpha value is -0.900. The minimum absolute atomic E-state index is 0.157. The van der Waals surface area contributed by atoms with Crippen LogP contribution in [0.4, 0.5) is 0 Å². The van der Waals surface area contributed by atoms with E-state index in [0.29, 0.717) is 24.5 Å². The first-order valence-electron chi connectivity index (χ1n) is 5.53. The number of hydrogen-bond acceptors (Lipinski definition) is 3. The van der Waals surface area contributed by atoms with Crippen LogP contribution in [0.25, 0.3) is 0 Å². The number of carbonyl (C=O) groups excluding carboxylic acids is 2. The zero-order valence-electron chi connectivity index (χ0n) is 9.38. The van der Waals surface area contributed by atoms with Gasteiger partial charge in [-0.15, -0.1) is 0 Å². The lowest BCUT2D eigenvalue weighted by molar-refractivity contribution is -0.137. The number of amides is 2. The van der Waals surface area contributed by atoms with Crippen molar-refractivity contribution in [2.24, 2.45) is 5.41 Å². The maximum atomic E-state index is 11.2. The number of rotatable bonds is 1. The smallest absolute Gasteiger partial charge is 0.240 e. The van der Waals surface area contributed by atoms with Gasteiger partial charge in [-0.3, -0.25) is 19.8 Å². The van der Waals surface area contributed by atoms with Crippen LogP contribution in [-0.2, 0) is 9.59 Å². The number of imide groups is 1. The van der Waals surface area contributed by atoms with Crippen LogP contribution >= 0.6 is 0 Å². The molecule has 0 aromatic carbocycles. The first-order chi connectivity index (χ1) is 6.96. The van der Waals surface area contributed by atoms with Gasteiger partial charge in [0.1, 0.15) is 0 Å². The standard InChI is InChI=1S/C11H18N2O2/c1-11(2)4-3-8(5-11)13-6-9(14)12-10(15)7-13/h8H,3-7H2,1-2H3,(H,12,14,15). The number of carbonyl (C=O) groups is 2. The highest BCUT2D eigenvalue weighted by Crippen LogP contribution is 2.39. The molecular formula is C11H18N2O2. The molecule has 2 amide bonds. The molecule has 0 spiro atoms. The summed E-state index contributed by atoms with van der Waals surface area (Å²) in [5, 5.41) is 2.33. The monoisotopic (exact) mass is 210 g/mol. The molecule has 1 N–H and O–H groups in total. The Bertz CT molecular complexity index is 283. The van der Waals surface area contributed by atoms with E-state index in [1.54, 1.807) is 0 Å². The minimum atomic E-state index is -0.157. The highest BCUT2D eigenvalue weighted by Gasteiger charge is 2.37. The Balaban J connectivity index is 1.99. The van der Waals surface area contributed by atoms with Gasteiger partial charge in [-0.1, -0.05) is 13.8 Å². The number of hydrogen-bond donors (Lipinski definition) is 1. The van der Waals surface area contributed by atoms with Gasteiger partial charge in [0, 0.05) is 6.04 Å². The van der Waals surface area contributed by atoms with Crippen LogP contribution in [0.2, 0.25) is 0 Å². The van der Waals surface area contributed by atoms with Gasteiger partial charge in [-0.05, 0) is 24.7 Å². The normalized spacial score (nSPS) is 31.7. The molecule has 2 aliphatic rings. The average molecular weight is 210 g/mol. The molecule has 1 saturated carbocycles. The summed E-state index contributed by atoms with van der Waals surface area (Å²) in [6.45, 7) is 5.26. The lowest BCUT2D eigenvalue weighted by atomic mass is 9.91. The quantitative estimate of drug-likeness (QED) is 0.642. The van der Waals surface area contributed by atoms with Crippen molar-refractivity contribution in [3.63, 3.8) is 0 Å². The number of piperazine rings is 1. The van der Waals surface area contributed by atoms with Crippen LogP contribution in [-0.4, -0.2) is 35.8 Å². The minimum Gasteiger partial charge on any atom is -0.294 e. The Morgan fingerprint density at radius 2 is 1.87 bits per heavy atom. The second-order valence-electron chi connectivity index (χ2n) is 5.44. The second kappa shape index (κ2) is 3.59. The third-order valence-electron chi connectivity index (χ3n) is 3.43. The van der Waals surface area contributed by atoms with Gasteiger partial charge in [0.25, 0.3) is 0 Å². The molecular weight excluding hydrogens is 192 g/mol. The van der Waals surface area contributed by atoms with Crippen molar-refractivity contribution < 1.29 is 9.59 Å². The molecule has 1 unspecified atom stereocenters. The van der Waals surface area contributed by atoms with E-state index >= 15 is 0 Å². The van der Waals surface area contributed by atoms with E-state index < -0.39 is 0 Å². The molecule has 84 valence electrons. The zero-order valence-corrected chi connectivity index (χ0v) is 9.38. The van der Waals surface area contributed by atoms with Crippen molar-refractivity contribution in [3.05, 3.63) is 0 Å². The van der Waals surface area contributed by atoms with Crippen LogP contribution in [0.5, 0.6) is 0 Å². The van der Waals surface area contributed by atoms with Gasteiger partial charge >= 0.3 is 0 Å². The van der Waals surface area contributed by atoms with E-state index in [9.17, 15) is 9.59 Å². The van der Waals surface area contributed by atoms with Gasteiger partial charge in [0.05, 0.1) is 13.1 Å². The summed E-state index contributed by atoms with van der Waals surface area (Å²) in [5.74, 6) is -0.313. The Labute approximate surface area is 90.0 Å². The molecule has 0 aromatic rings. The van der Waals surface area contributed by atoms with Gasteiger partial charge in [0.15, 0.2) is 0 Å². The Morgan fingerprint density at radius 1 is 1.27 bits per heavy atom. The molecule has 2 rings (SSSR count). The first kappa shape index (κ1) is 10.6. The van der Waals surface area contributed by atoms with E-state index in [1.807, 2.05) is 4.90 Å². The van der Waals surface area contributed by atoms with Crippen molar-refractivity contribution in [2.75, 3.05) is 13.1 Å². The van der Waals surface area contributed by atoms with Gasteiger partial charge < -0.3 is 0 Å². The fourth-order valence-electron chi connectivity index (χ4n) is 2.63. The second-order valence-corrected chi connectivity index (χ2v) is 5.44. The predicted octanol–water partition coefficient (Wildman–Crippen LogP) is 0.524. The largest absolute Gasteiger partial charge is 0.294 e. The van der Waals surface area contributed by atoms with E-state index in [2.05, 4.69) is 19.2 Å². The van der Waals surface area contributed by atoms with E-state index in [-0.39, 0.29) is 11.8 Å². The van der Waals surface area contributed by atoms with Crippen LogP contribution in [0.3, 0.4) is 0 Å². The summed E-state index contributed by atoms with van der Waals surface area (Å²) < 4.78 is 0. The van der Waals surface area contributed by atoms with Gasteiger partial charge in [-0.2, -0.15) is 0 Å². The third kappa shape index (κ3) is 2.37. The molecule has 2 fully saturated rings. The topological polar surface area (TPSA) is 49.4 Å². The fourth-order valence-corrected chi connectivity index (χ4v) is 2.63. The van der Waals surface area contributed by atoms with Crippen LogP contribution in [0.1, 0.15) is 33.1 Å². The summed E-state index contributed by atoms with van der Waals surface area (Å²) in [5.41, 5.74) is 0.363. The van der Waals surface area contributed by atoms with Crippen molar-refractivity contribution >= 4 is 11.8 Å². The number of nitrogens with zero attached hydrogens (tertiary/aromatic N) is 1. The molecule has 1 aliphatic heterocycles. The summed E-state index contributed by atoms with van der Waals surface area (Å²) in [6, 6.07) is 0.412. The van der Waals surface area contributed by atoms with Gasteiger partial charge in [-0.25, -0.2) is 0 Å². The van der Waals surface area contributed by atoms with E-state index in [0.717, 1.165) is 12.8 Å². The molecule has 15 heavy (non-hydrogen) atoms. The fraction of sp³-hybridized carbons (Fsp3) is 0.818. The molecule has 1 aliphatic carbocycles. The van der Waals surface area contributed by atoms with E-state index in [1.165, 1.54) is 6.42 Å². The van der Waals surface area contributed by atoms with Crippen LogP contribution < -0.4 is 5.32 Å². The average Bonchev–Trinajstić information content (AvgIpc) is 2.44. The number of nitrogens with one attached hydrogen (secondary N) is 1. The molecule has 0 bridgehead atoms. The molecule has 0 aromatic heterocycles. The van der Waals surface area contributed by atoms with Crippen molar-refractivity contribution in [1.82, 2.24) is 10.2 Å². The van der Waals surface area contributed by atoms with Crippen molar-refractivity contribution in [3.8, 4) is 0 Å². The van der Waals surface area contributed by atoms with Gasteiger partial charge in [0.2, 0.25) is 11.8 Å². The Morgan fingerprint density at radius 3 is 2.33 bits per heavy atom. The van der Waals surface area contributed by atoms with Crippen LogP contribution in [0, 0.1) is 5.41 Å². The molecule has 4 nitrogen and oxygen atoms in total. The molecule has 1 atom stereocenters. The lowest BCUT2D eigenvalue weighted by Crippen LogP contribution is -2.54. The van der Waals surface area contributed by atoms with Crippen LogP contribution in [0.15, 0.2) is 0 Å². The predicted molar refractivity (Wildman–Crippen MR) is 56.1 cm³/mol. The van der Waals surface area contributed by atoms with Crippen molar-refractivity contribution in [1.29, 1.82) is 0 Å². The first-order valence-corrected chi connectivity index (χ1v) is 5.53. The summed E-state index contributed by atoms with van der Waals surface area (Å²) in [4.78, 5) is 24.5. The summed E-state index contributed by atoms with van der Waals surface area (Å²) in [6.07, 6.45) is 3.38. The maximum Gasteiger partial charge on any atom is 0.240 e. The Kier molecular flexibility index (Phi) is 2.54. The molecule has 0 radical (unpaired) electrons. The maximum absolute atomic E-state index is 11.2. The highest BCUT2D eigenvalue weighted by atomic mass is 16.2. The SMILES string of the molecule is CC1(C)CCC(N2CC(=O)NC(=O)C2)C1. The molecule has 4 heteroatoms. The lowest BCUT2D eigenvalue weighted by Gasteiger charge is -2.31. The van der Waals surface area contributed by atoms with Crippen molar-refractivity contribution in [2.45, 2.75) is 39.2 Å². The third-order valence-corrected chi connectivity index (χ3v) is 3.43. The highest BCUT2D eigenvalue weighted by molar-refractivity contribution is 5.99. The molecule has 1 saturated heterocycles. The summed E-state index contributed by atoms with van der Waals surface area (Å²) in [7, 11) is 0. The molecule has 1 heterocycles.